The first-order chi connectivity index (χ1) is 9.99. The molecule has 0 spiro atoms. The summed E-state index contributed by atoms with van der Waals surface area (Å²) in [5, 5.41) is 0. The molecule has 0 amide bonds. The number of esters is 1. The molecule has 0 unspecified atom stereocenters. The number of nitrogens with zero attached hydrogens (tertiary/aromatic N) is 1. The molecule has 0 bridgehead atoms. The standard InChI is InChI=1S/C16H19NO4/c1-5-21-16(19)13-9-15(10(2)18)17(3)14-7-6-11(20-4)8-12(13)14/h6-9,15H,5H2,1-4H3/t15-/m0/s1. The van der Waals surface area contributed by atoms with E-state index in [4.69, 9.17) is 9.47 Å². The van der Waals surface area contributed by atoms with E-state index in [0.29, 0.717) is 16.9 Å². The van der Waals surface area contributed by atoms with E-state index in [0.717, 1.165) is 5.69 Å². The van der Waals surface area contributed by atoms with Crippen molar-refractivity contribution in [2.75, 3.05) is 25.7 Å². The molecule has 0 saturated carbocycles. The van der Waals surface area contributed by atoms with Gasteiger partial charge in [0.1, 0.15) is 11.8 Å². The first-order valence-corrected chi connectivity index (χ1v) is 6.80. The monoisotopic (exact) mass is 289 g/mol. The van der Waals surface area contributed by atoms with Gasteiger partial charge in [-0.3, -0.25) is 4.79 Å². The molecule has 0 radical (unpaired) electrons. The number of rotatable bonds is 4. The molecule has 2 rings (SSSR count). The van der Waals surface area contributed by atoms with E-state index in [1.807, 2.05) is 18.0 Å². The fourth-order valence-electron chi connectivity index (χ4n) is 2.45. The van der Waals surface area contributed by atoms with Crippen LogP contribution in [0.4, 0.5) is 5.69 Å². The molecule has 1 aliphatic rings. The number of methoxy groups -OCH3 is 1. The number of hydrogen-bond donors (Lipinski definition) is 0. The van der Waals surface area contributed by atoms with Crippen LogP contribution in [-0.4, -0.2) is 38.6 Å². The molecule has 0 N–H and O–H groups in total. The molecule has 0 aromatic heterocycles. The number of benzene rings is 1. The van der Waals surface area contributed by atoms with Gasteiger partial charge in [0.2, 0.25) is 0 Å². The Morgan fingerprint density at radius 2 is 2.05 bits per heavy atom. The minimum absolute atomic E-state index is 0.0271. The largest absolute Gasteiger partial charge is 0.497 e. The van der Waals surface area contributed by atoms with Gasteiger partial charge in [-0.15, -0.1) is 0 Å². The van der Waals surface area contributed by atoms with Crippen LogP contribution in [-0.2, 0) is 14.3 Å². The second-order valence-corrected chi connectivity index (χ2v) is 4.85. The molecule has 1 atom stereocenters. The van der Waals surface area contributed by atoms with Crippen molar-refractivity contribution in [2.45, 2.75) is 19.9 Å². The summed E-state index contributed by atoms with van der Waals surface area (Å²) in [6.07, 6.45) is 1.65. The van der Waals surface area contributed by atoms with E-state index in [2.05, 4.69) is 0 Å². The van der Waals surface area contributed by atoms with Gasteiger partial charge in [0.05, 0.1) is 19.3 Å². The number of carbonyl (C=O) groups is 2. The fraction of sp³-hybridized carbons (Fsp3) is 0.375. The molecule has 5 nitrogen and oxygen atoms in total. The smallest absolute Gasteiger partial charge is 0.338 e. The van der Waals surface area contributed by atoms with Crippen molar-refractivity contribution in [3.63, 3.8) is 0 Å². The SMILES string of the molecule is CCOC(=O)C1=C[C@@H](C(C)=O)N(C)c2ccc(OC)cc21. The second kappa shape index (κ2) is 5.99. The van der Waals surface area contributed by atoms with Crippen molar-refractivity contribution < 1.29 is 19.1 Å². The molecule has 1 heterocycles. The maximum Gasteiger partial charge on any atom is 0.338 e. The number of anilines is 1. The van der Waals surface area contributed by atoms with Crippen LogP contribution in [0.25, 0.3) is 5.57 Å². The number of hydrogen-bond acceptors (Lipinski definition) is 5. The summed E-state index contributed by atoms with van der Waals surface area (Å²) in [6, 6.07) is 4.97. The topological polar surface area (TPSA) is 55.8 Å². The van der Waals surface area contributed by atoms with Crippen molar-refractivity contribution in [1.29, 1.82) is 0 Å². The van der Waals surface area contributed by atoms with E-state index in [1.54, 1.807) is 32.2 Å². The van der Waals surface area contributed by atoms with Crippen molar-refractivity contribution in [1.82, 2.24) is 0 Å². The van der Waals surface area contributed by atoms with Gasteiger partial charge >= 0.3 is 5.97 Å². The number of Topliss-reactive ketones (excluding diaryl/α,β-unsaturated/α-hetero) is 1. The molecule has 1 aliphatic heterocycles. The van der Waals surface area contributed by atoms with Gasteiger partial charge < -0.3 is 14.4 Å². The number of likely N-dealkylation sites (N-methyl/N-ethyl adjacent to an activating group) is 1. The lowest BCUT2D eigenvalue weighted by atomic mass is 9.93. The Labute approximate surface area is 124 Å². The molecular formula is C16H19NO4. The second-order valence-electron chi connectivity index (χ2n) is 4.85. The lowest BCUT2D eigenvalue weighted by Crippen LogP contribution is -2.39. The Morgan fingerprint density at radius 3 is 2.62 bits per heavy atom. The maximum atomic E-state index is 12.2. The van der Waals surface area contributed by atoms with Gasteiger partial charge in [0.15, 0.2) is 5.78 Å². The Hall–Kier alpha value is -2.30. The third-order valence-electron chi connectivity index (χ3n) is 3.53. The first kappa shape index (κ1) is 15.1. The molecular weight excluding hydrogens is 270 g/mol. The number of ketones is 1. The minimum atomic E-state index is -0.467. The van der Waals surface area contributed by atoms with Gasteiger partial charge in [-0.1, -0.05) is 0 Å². The van der Waals surface area contributed by atoms with E-state index in [1.165, 1.54) is 6.92 Å². The third kappa shape index (κ3) is 2.77. The quantitative estimate of drug-likeness (QED) is 0.794. The molecule has 0 fully saturated rings. The first-order valence-electron chi connectivity index (χ1n) is 6.80. The summed E-state index contributed by atoms with van der Waals surface area (Å²) < 4.78 is 10.3. The van der Waals surface area contributed by atoms with Crippen LogP contribution in [0.15, 0.2) is 24.3 Å². The molecule has 1 aromatic carbocycles. The highest BCUT2D eigenvalue weighted by Gasteiger charge is 2.30. The minimum Gasteiger partial charge on any atom is -0.497 e. The van der Waals surface area contributed by atoms with E-state index < -0.39 is 12.0 Å². The molecule has 21 heavy (non-hydrogen) atoms. The third-order valence-corrected chi connectivity index (χ3v) is 3.53. The number of fused-ring (bicyclic) bond motifs is 1. The van der Waals surface area contributed by atoms with Crippen LogP contribution in [0.3, 0.4) is 0 Å². The Balaban J connectivity index is 2.57. The van der Waals surface area contributed by atoms with E-state index >= 15 is 0 Å². The van der Waals surface area contributed by atoms with Crippen LogP contribution >= 0.6 is 0 Å². The molecule has 5 heteroatoms. The molecule has 1 aromatic rings. The summed E-state index contributed by atoms with van der Waals surface area (Å²) in [4.78, 5) is 25.8. The van der Waals surface area contributed by atoms with E-state index in [-0.39, 0.29) is 12.4 Å². The van der Waals surface area contributed by atoms with Gasteiger partial charge in [-0.2, -0.15) is 0 Å². The van der Waals surface area contributed by atoms with Gasteiger partial charge in [-0.25, -0.2) is 4.79 Å². The fourth-order valence-corrected chi connectivity index (χ4v) is 2.45. The van der Waals surface area contributed by atoms with Crippen LogP contribution in [0.5, 0.6) is 5.75 Å². The van der Waals surface area contributed by atoms with Crippen LogP contribution in [0, 0.1) is 0 Å². The van der Waals surface area contributed by atoms with Crippen LogP contribution in [0.2, 0.25) is 0 Å². The zero-order valence-corrected chi connectivity index (χ0v) is 12.7. The Morgan fingerprint density at radius 1 is 1.33 bits per heavy atom. The highest BCUT2D eigenvalue weighted by molar-refractivity contribution is 6.20. The van der Waals surface area contributed by atoms with Crippen LogP contribution in [0.1, 0.15) is 19.4 Å². The summed E-state index contributed by atoms with van der Waals surface area (Å²) in [7, 11) is 3.40. The van der Waals surface area contributed by atoms with Crippen LogP contribution < -0.4 is 9.64 Å². The van der Waals surface area contributed by atoms with Crippen molar-refractivity contribution in [3.05, 3.63) is 29.8 Å². The zero-order valence-electron chi connectivity index (χ0n) is 12.7. The predicted octanol–water partition coefficient (Wildman–Crippen LogP) is 2.05. The average molecular weight is 289 g/mol. The summed E-state index contributed by atoms with van der Waals surface area (Å²) in [5.41, 5.74) is 1.93. The lowest BCUT2D eigenvalue weighted by molar-refractivity contribution is -0.136. The van der Waals surface area contributed by atoms with Crippen molar-refractivity contribution in [3.8, 4) is 5.75 Å². The number of carbonyl (C=O) groups excluding carboxylic acids is 2. The Kier molecular flexibility index (Phi) is 4.31. The highest BCUT2D eigenvalue weighted by Crippen LogP contribution is 2.36. The molecule has 112 valence electrons. The van der Waals surface area contributed by atoms with Crippen molar-refractivity contribution in [2.24, 2.45) is 0 Å². The van der Waals surface area contributed by atoms with E-state index in [9.17, 15) is 9.59 Å². The van der Waals surface area contributed by atoms with Crippen molar-refractivity contribution >= 4 is 23.0 Å². The molecule has 0 saturated heterocycles. The Bertz CT molecular complexity index is 606. The summed E-state index contributed by atoms with van der Waals surface area (Å²) in [6.45, 7) is 3.55. The lowest BCUT2D eigenvalue weighted by Gasteiger charge is -2.33. The summed E-state index contributed by atoms with van der Waals surface area (Å²) >= 11 is 0. The van der Waals surface area contributed by atoms with Gasteiger partial charge in [0.25, 0.3) is 0 Å². The average Bonchev–Trinajstić information content (AvgIpc) is 2.47. The van der Waals surface area contributed by atoms with Gasteiger partial charge in [0, 0.05) is 18.3 Å². The molecule has 0 aliphatic carbocycles. The predicted molar refractivity (Wildman–Crippen MR) is 80.5 cm³/mol. The summed E-state index contributed by atoms with van der Waals surface area (Å²) in [5.74, 6) is 0.200. The number of ether oxygens (including phenoxy) is 2. The maximum absolute atomic E-state index is 12.2. The normalized spacial score (nSPS) is 16.9. The zero-order chi connectivity index (χ0) is 15.6. The van der Waals surface area contributed by atoms with Gasteiger partial charge in [-0.05, 0) is 38.1 Å². The highest BCUT2D eigenvalue weighted by atomic mass is 16.5.